The van der Waals surface area contributed by atoms with E-state index in [1.165, 1.54) is 19.8 Å². The van der Waals surface area contributed by atoms with Gasteiger partial charge in [0.25, 0.3) is 0 Å². The van der Waals surface area contributed by atoms with Gasteiger partial charge < -0.3 is 10.7 Å². The molecule has 1 saturated heterocycles. The van der Waals surface area contributed by atoms with Crippen LogP contribution in [-0.2, 0) is 18.4 Å². The molecule has 152 valence electrons. The smallest absolute Gasteiger partial charge is 0.233 e. The summed E-state index contributed by atoms with van der Waals surface area (Å²) in [7, 11) is 3.69. The predicted molar refractivity (Wildman–Crippen MR) is 112 cm³/mol. The Morgan fingerprint density at radius 1 is 1.34 bits per heavy atom. The molecule has 4 rings (SSSR count). The summed E-state index contributed by atoms with van der Waals surface area (Å²) in [4.78, 5) is 25.2. The summed E-state index contributed by atoms with van der Waals surface area (Å²) in [6.07, 6.45) is 3.48. The predicted octanol–water partition coefficient (Wildman–Crippen LogP) is 1.56. The molecule has 0 radical (unpaired) electrons. The van der Waals surface area contributed by atoms with Gasteiger partial charge in [0, 0.05) is 51.7 Å². The van der Waals surface area contributed by atoms with Crippen molar-refractivity contribution >= 4 is 17.7 Å². The average Bonchev–Trinajstić information content (AvgIpc) is 3.47. The van der Waals surface area contributed by atoms with Crippen molar-refractivity contribution in [1.82, 2.24) is 25.7 Å². The fraction of sp³-hybridized carbons (Fsp3) is 0.429. The molecule has 0 spiro atoms. The number of hydrogen-bond acceptors (Lipinski definition) is 5. The second kappa shape index (κ2) is 8.16. The highest BCUT2D eigenvalue weighted by Gasteiger charge is 2.35. The van der Waals surface area contributed by atoms with Crippen LogP contribution in [0, 0.1) is 5.92 Å². The van der Waals surface area contributed by atoms with E-state index in [0.29, 0.717) is 18.5 Å². The number of nitrogens with zero attached hydrogens (tertiary/aromatic N) is 4. The van der Waals surface area contributed by atoms with Crippen LogP contribution in [0.2, 0.25) is 0 Å². The maximum atomic E-state index is 11.2. The van der Waals surface area contributed by atoms with Gasteiger partial charge in [0.1, 0.15) is 11.3 Å². The number of amidine groups is 1. The van der Waals surface area contributed by atoms with Crippen LogP contribution >= 0.6 is 0 Å². The Bertz CT molecular complexity index is 1020. The summed E-state index contributed by atoms with van der Waals surface area (Å²) in [6, 6.07) is 10.4. The highest BCUT2D eigenvalue weighted by Crippen LogP contribution is 2.35. The normalized spacial score (nSPS) is 20.7. The van der Waals surface area contributed by atoms with Gasteiger partial charge in [0.05, 0.1) is 5.69 Å². The minimum atomic E-state index is -0.0485. The molecule has 1 unspecified atom stereocenters. The molecule has 1 aliphatic heterocycles. The third-order valence-corrected chi connectivity index (χ3v) is 5.36. The van der Waals surface area contributed by atoms with Crippen LogP contribution in [0.25, 0.3) is 11.3 Å². The Balaban J connectivity index is 1.66. The van der Waals surface area contributed by atoms with Crippen LogP contribution in [0.1, 0.15) is 31.7 Å². The summed E-state index contributed by atoms with van der Waals surface area (Å²) in [6.45, 7) is 2.00. The number of aliphatic imine (C=N–C) groups is 1. The molecule has 1 aromatic heterocycles. The summed E-state index contributed by atoms with van der Waals surface area (Å²) < 4.78 is 1.89. The number of benzene rings is 1. The van der Waals surface area contributed by atoms with Gasteiger partial charge in [0.15, 0.2) is 0 Å². The van der Waals surface area contributed by atoms with Crippen LogP contribution in [0.3, 0.4) is 0 Å². The number of rotatable bonds is 5. The quantitative estimate of drug-likeness (QED) is 0.718. The van der Waals surface area contributed by atoms with Crippen molar-refractivity contribution in [3.63, 3.8) is 0 Å². The van der Waals surface area contributed by atoms with E-state index in [1.54, 1.807) is 7.05 Å². The Labute approximate surface area is 170 Å². The molecular formula is C21H27N7O. The lowest BCUT2D eigenvalue weighted by atomic mass is 10.1. The fourth-order valence-electron chi connectivity index (χ4n) is 3.53. The van der Waals surface area contributed by atoms with Crippen molar-refractivity contribution < 1.29 is 4.79 Å². The minimum absolute atomic E-state index is 0.0485. The number of hydrogen-bond donors (Lipinski definition) is 3. The van der Waals surface area contributed by atoms with Gasteiger partial charge in [-0.2, -0.15) is 4.99 Å². The topological polar surface area (TPSA) is 95.7 Å². The maximum Gasteiger partial charge on any atom is 0.233 e. The van der Waals surface area contributed by atoms with Crippen LogP contribution < -0.4 is 21.7 Å². The Morgan fingerprint density at radius 3 is 2.90 bits per heavy atom. The van der Waals surface area contributed by atoms with Crippen LogP contribution in [0.4, 0.5) is 5.95 Å². The van der Waals surface area contributed by atoms with Crippen molar-refractivity contribution in [3.8, 4) is 11.3 Å². The number of nitrogens with one attached hydrogen (secondary N) is 3. The molecule has 29 heavy (non-hydrogen) atoms. The zero-order chi connectivity index (χ0) is 20.4. The summed E-state index contributed by atoms with van der Waals surface area (Å²) in [5.74, 6) is 2.23. The highest BCUT2D eigenvalue weighted by atomic mass is 16.1. The maximum absolute atomic E-state index is 11.2. The number of amides is 1. The largest absolute Gasteiger partial charge is 0.352 e. The van der Waals surface area contributed by atoms with Gasteiger partial charge in [-0.3, -0.25) is 14.4 Å². The second-order valence-corrected chi connectivity index (χ2v) is 7.67. The molecule has 1 atom stereocenters. The van der Waals surface area contributed by atoms with E-state index in [2.05, 4.69) is 21.2 Å². The van der Waals surface area contributed by atoms with Gasteiger partial charge in [-0.25, -0.2) is 10.4 Å². The first-order valence-corrected chi connectivity index (χ1v) is 9.97. The molecule has 2 aromatic rings. The minimum Gasteiger partial charge on any atom is -0.352 e. The molecular weight excluding hydrogens is 366 g/mol. The number of hydrazine groups is 1. The molecule has 8 heteroatoms. The van der Waals surface area contributed by atoms with Crippen molar-refractivity contribution in [2.75, 3.05) is 7.05 Å². The van der Waals surface area contributed by atoms with Crippen LogP contribution in [-0.4, -0.2) is 34.4 Å². The molecule has 1 aromatic carbocycles. The van der Waals surface area contributed by atoms with Crippen LogP contribution in [0.5, 0.6) is 0 Å². The van der Waals surface area contributed by atoms with Gasteiger partial charge in [-0.1, -0.05) is 18.2 Å². The van der Waals surface area contributed by atoms with E-state index >= 15 is 0 Å². The number of carbonyl (C=O) groups is 1. The van der Waals surface area contributed by atoms with Gasteiger partial charge in [-0.15, -0.1) is 0 Å². The SMILES string of the molecule is CN=c1cc(-c2cccc(CNC(C)=O)c2)nc(/N=C2\CC(C3CC3)NN2)n1C. The first-order chi connectivity index (χ1) is 14.0. The summed E-state index contributed by atoms with van der Waals surface area (Å²) in [5.41, 5.74) is 10.1. The standard InChI is InChI=1S/C21H27N7O/c1-13(29)23-12-14-5-4-6-16(9-14)17-11-20(22-2)28(3)21(24-17)25-19-10-18(26-27-19)15-7-8-15/h4-6,9,11,15,18,26H,7-8,10,12H2,1-3H3,(H,23,29)(H,24,25,27). The van der Waals surface area contributed by atoms with E-state index in [4.69, 9.17) is 9.98 Å². The van der Waals surface area contributed by atoms with Gasteiger partial charge >= 0.3 is 0 Å². The Hall–Kier alpha value is -3.00. The summed E-state index contributed by atoms with van der Waals surface area (Å²) in [5, 5.41) is 2.83. The zero-order valence-corrected chi connectivity index (χ0v) is 17.1. The lowest BCUT2D eigenvalue weighted by Crippen LogP contribution is -2.32. The molecule has 1 aliphatic carbocycles. The first-order valence-electron chi connectivity index (χ1n) is 9.97. The molecule has 2 heterocycles. The molecule has 8 nitrogen and oxygen atoms in total. The second-order valence-electron chi connectivity index (χ2n) is 7.67. The molecule has 2 fully saturated rings. The molecule has 0 bridgehead atoms. The van der Waals surface area contributed by atoms with Gasteiger partial charge in [-0.05, 0) is 30.4 Å². The third-order valence-electron chi connectivity index (χ3n) is 5.36. The van der Waals surface area contributed by atoms with Crippen molar-refractivity contribution in [3.05, 3.63) is 41.4 Å². The zero-order valence-electron chi connectivity index (χ0n) is 17.1. The molecule has 1 saturated carbocycles. The molecule has 2 aliphatic rings. The van der Waals surface area contributed by atoms with Crippen molar-refractivity contribution in [2.24, 2.45) is 23.0 Å². The Morgan fingerprint density at radius 2 is 2.17 bits per heavy atom. The van der Waals surface area contributed by atoms with Gasteiger partial charge in [0.2, 0.25) is 11.9 Å². The molecule has 1 amide bonds. The Kier molecular flexibility index (Phi) is 5.44. The van der Waals surface area contributed by atoms with Crippen molar-refractivity contribution in [2.45, 2.75) is 38.8 Å². The van der Waals surface area contributed by atoms with E-state index in [1.807, 2.05) is 41.9 Å². The first kappa shape index (κ1) is 19.3. The van der Waals surface area contributed by atoms with E-state index in [9.17, 15) is 4.79 Å². The van der Waals surface area contributed by atoms with E-state index in [-0.39, 0.29) is 5.91 Å². The van der Waals surface area contributed by atoms with E-state index in [0.717, 1.165) is 40.5 Å². The average molecular weight is 393 g/mol. The highest BCUT2D eigenvalue weighted by molar-refractivity contribution is 5.86. The van der Waals surface area contributed by atoms with Crippen molar-refractivity contribution in [1.29, 1.82) is 0 Å². The fourth-order valence-corrected chi connectivity index (χ4v) is 3.53. The van der Waals surface area contributed by atoms with E-state index < -0.39 is 0 Å². The molecule has 3 N–H and O–H groups in total. The monoisotopic (exact) mass is 393 g/mol. The third kappa shape index (κ3) is 4.54. The summed E-state index contributed by atoms with van der Waals surface area (Å²) >= 11 is 0. The number of carbonyl (C=O) groups excluding carboxylic acids is 1. The lowest BCUT2D eigenvalue weighted by Gasteiger charge is -2.10. The van der Waals surface area contributed by atoms with Crippen LogP contribution in [0.15, 0.2) is 40.3 Å². The number of aromatic nitrogens is 2. The lowest BCUT2D eigenvalue weighted by molar-refractivity contribution is -0.119.